The molecule has 0 aliphatic heterocycles. The molecule has 1 spiro atoms. The zero-order valence-corrected chi connectivity index (χ0v) is 8.29. The summed E-state index contributed by atoms with van der Waals surface area (Å²) in [5, 5.41) is 10.0. The van der Waals surface area contributed by atoms with E-state index in [4.69, 9.17) is 0 Å². The van der Waals surface area contributed by atoms with Crippen molar-refractivity contribution < 1.29 is 5.11 Å². The smallest absolute Gasteiger partial charge is 0.0758 e. The maximum atomic E-state index is 10.0. The fraction of sp³-hybridized carbons (Fsp3) is 0.833. The zero-order chi connectivity index (χ0) is 9.05. The fourth-order valence-corrected chi connectivity index (χ4v) is 4.02. The van der Waals surface area contributed by atoms with Crippen molar-refractivity contribution >= 4 is 0 Å². The van der Waals surface area contributed by atoms with E-state index in [2.05, 4.69) is 13.0 Å². The first-order valence-corrected chi connectivity index (χ1v) is 5.61. The number of aliphatic hydroxyl groups is 1. The van der Waals surface area contributed by atoms with Crippen LogP contribution in [0, 0.1) is 17.3 Å². The topological polar surface area (TPSA) is 20.2 Å². The summed E-state index contributed by atoms with van der Waals surface area (Å²) in [6.45, 7) is 2.37. The van der Waals surface area contributed by atoms with E-state index >= 15 is 0 Å². The maximum Gasteiger partial charge on any atom is 0.0758 e. The van der Waals surface area contributed by atoms with Crippen molar-refractivity contribution in [3.63, 3.8) is 0 Å². The predicted molar refractivity (Wildman–Crippen MR) is 52.3 cm³/mol. The second-order valence-electron chi connectivity index (χ2n) is 5.31. The van der Waals surface area contributed by atoms with Gasteiger partial charge < -0.3 is 5.11 Å². The number of fused-ring (bicyclic) bond motifs is 1. The van der Waals surface area contributed by atoms with E-state index in [0.717, 1.165) is 18.3 Å². The third kappa shape index (κ3) is 0.864. The van der Waals surface area contributed by atoms with Crippen LogP contribution >= 0.6 is 0 Å². The Morgan fingerprint density at radius 1 is 1.54 bits per heavy atom. The number of aliphatic hydroxyl groups excluding tert-OH is 1. The highest BCUT2D eigenvalue weighted by Gasteiger charge is 2.53. The minimum absolute atomic E-state index is 0.0915. The molecule has 2 saturated carbocycles. The van der Waals surface area contributed by atoms with Crippen molar-refractivity contribution in [1.82, 2.24) is 0 Å². The number of hydrogen-bond donors (Lipinski definition) is 1. The highest BCUT2D eigenvalue weighted by Crippen LogP contribution is 2.61. The molecule has 3 rings (SSSR count). The molecule has 4 unspecified atom stereocenters. The normalized spacial score (nSPS) is 53.4. The molecule has 2 fully saturated rings. The summed E-state index contributed by atoms with van der Waals surface area (Å²) in [6, 6.07) is 0. The first-order valence-electron chi connectivity index (χ1n) is 5.61. The molecule has 1 N–H and O–H groups in total. The van der Waals surface area contributed by atoms with Gasteiger partial charge in [0.1, 0.15) is 0 Å². The van der Waals surface area contributed by atoms with Crippen molar-refractivity contribution in [2.24, 2.45) is 17.3 Å². The van der Waals surface area contributed by atoms with E-state index in [1.54, 1.807) is 0 Å². The van der Waals surface area contributed by atoms with Crippen LogP contribution in [-0.4, -0.2) is 11.2 Å². The second-order valence-corrected chi connectivity index (χ2v) is 5.31. The number of rotatable bonds is 0. The largest absolute Gasteiger partial charge is 0.389 e. The van der Waals surface area contributed by atoms with Gasteiger partial charge in [-0.1, -0.05) is 13.0 Å². The minimum Gasteiger partial charge on any atom is -0.389 e. The standard InChI is InChI=1S/C12H18O/c1-8-2-3-10-11(13)6-9-4-5-12(8,10)7-9/h3,8-9,11,13H,2,4-7H2,1H3. The lowest BCUT2D eigenvalue weighted by atomic mass is 9.67. The molecule has 3 aliphatic rings. The van der Waals surface area contributed by atoms with Gasteiger partial charge in [0.15, 0.2) is 0 Å². The molecule has 72 valence electrons. The van der Waals surface area contributed by atoms with Crippen LogP contribution in [0.25, 0.3) is 0 Å². The van der Waals surface area contributed by atoms with Crippen LogP contribution in [0.2, 0.25) is 0 Å². The fourth-order valence-electron chi connectivity index (χ4n) is 4.02. The van der Waals surface area contributed by atoms with Crippen LogP contribution in [0.3, 0.4) is 0 Å². The molecule has 13 heavy (non-hydrogen) atoms. The average molecular weight is 178 g/mol. The Hall–Kier alpha value is -0.300. The third-order valence-corrected chi connectivity index (χ3v) is 4.78. The van der Waals surface area contributed by atoms with Crippen LogP contribution < -0.4 is 0 Å². The van der Waals surface area contributed by atoms with Gasteiger partial charge in [-0.25, -0.2) is 0 Å². The zero-order valence-electron chi connectivity index (χ0n) is 8.29. The van der Waals surface area contributed by atoms with Gasteiger partial charge in [0.2, 0.25) is 0 Å². The van der Waals surface area contributed by atoms with Crippen molar-refractivity contribution in [1.29, 1.82) is 0 Å². The molecule has 0 saturated heterocycles. The molecular weight excluding hydrogens is 160 g/mol. The van der Waals surface area contributed by atoms with Crippen molar-refractivity contribution in [2.75, 3.05) is 0 Å². The van der Waals surface area contributed by atoms with Crippen LogP contribution in [-0.2, 0) is 0 Å². The Balaban J connectivity index is 2.05. The molecule has 0 aromatic carbocycles. The van der Waals surface area contributed by atoms with Gasteiger partial charge in [-0.3, -0.25) is 0 Å². The molecule has 1 heteroatoms. The molecule has 0 heterocycles. The van der Waals surface area contributed by atoms with Gasteiger partial charge in [0.25, 0.3) is 0 Å². The number of allylic oxidation sites excluding steroid dienone is 1. The molecule has 0 aromatic rings. The van der Waals surface area contributed by atoms with E-state index in [1.807, 2.05) is 0 Å². The lowest BCUT2D eigenvalue weighted by Gasteiger charge is -2.39. The minimum atomic E-state index is -0.0915. The molecular formula is C12H18O. The van der Waals surface area contributed by atoms with Crippen molar-refractivity contribution in [3.8, 4) is 0 Å². The lowest BCUT2D eigenvalue weighted by molar-refractivity contribution is 0.103. The molecule has 4 atom stereocenters. The summed E-state index contributed by atoms with van der Waals surface area (Å²) in [6.07, 6.45) is 8.57. The Morgan fingerprint density at radius 2 is 2.38 bits per heavy atom. The maximum absolute atomic E-state index is 10.0. The highest BCUT2D eigenvalue weighted by atomic mass is 16.3. The summed E-state index contributed by atoms with van der Waals surface area (Å²) in [7, 11) is 0. The Labute approximate surface area is 79.8 Å². The van der Waals surface area contributed by atoms with Crippen molar-refractivity contribution in [3.05, 3.63) is 11.6 Å². The summed E-state index contributed by atoms with van der Waals surface area (Å²) < 4.78 is 0. The molecule has 2 bridgehead atoms. The predicted octanol–water partition coefficient (Wildman–Crippen LogP) is 2.50. The van der Waals surface area contributed by atoms with Crippen molar-refractivity contribution in [2.45, 2.75) is 45.1 Å². The summed E-state index contributed by atoms with van der Waals surface area (Å²) in [4.78, 5) is 0. The van der Waals surface area contributed by atoms with E-state index < -0.39 is 0 Å². The van der Waals surface area contributed by atoms with Gasteiger partial charge in [-0.2, -0.15) is 0 Å². The molecule has 0 amide bonds. The van der Waals surface area contributed by atoms with Crippen LogP contribution in [0.5, 0.6) is 0 Å². The summed E-state index contributed by atoms with van der Waals surface area (Å²) in [5.74, 6) is 1.62. The van der Waals surface area contributed by atoms with Crippen LogP contribution in [0.4, 0.5) is 0 Å². The van der Waals surface area contributed by atoms with Gasteiger partial charge in [-0.15, -0.1) is 0 Å². The van der Waals surface area contributed by atoms with Gasteiger partial charge in [0.05, 0.1) is 6.10 Å². The lowest BCUT2D eigenvalue weighted by Crippen LogP contribution is -2.34. The molecule has 3 aliphatic carbocycles. The monoisotopic (exact) mass is 178 g/mol. The van der Waals surface area contributed by atoms with Crippen LogP contribution in [0.1, 0.15) is 39.0 Å². The molecule has 0 aromatic heterocycles. The second kappa shape index (κ2) is 2.38. The van der Waals surface area contributed by atoms with E-state index in [1.165, 1.54) is 31.3 Å². The van der Waals surface area contributed by atoms with Gasteiger partial charge >= 0.3 is 0 Å². The Kier molecular flexibility index (Phi) is 1.48. The average Bonchev–Trinajstić information content (AvgIpc) is 2.59. The van der Waals surface area contributed by atoms with E-state index in [9.17, 15) is 5.11 Å². The highest BCUT2D eigenvalue weighted by molar-refractivity contribution is 5.30. The molecule has 0 radical (unpaired) electrons. The van der Waals surface area contributed by atoms with Gasteiger partial charge in [0, 0.05) is 0 Å². The first-order chi connectivity index (χ1) is 6.22. The number of hydrogen-bond acceptors (Lipinski definition) is 1. The van der Waals surface area contributed by atoms with E-state index in [0.29, 0.717) is 5.41 Å². The Morgan fingerprint density at radius 3 is 3.23 bits per heavy atom. The third-order valence-electron chi connectivity index (χ3n) is 4.78. The van der Waals surface area contributed by atoms with Crippen LogP contribution in [0.15, 0.2) is 11.6 Å². The quantitative estimate of drug-likeness (QED) is 0.565. The Bertz CT molecular complexity index is 268. The first kappa shape index (κ1) is 8.05. The van der Waals surface area contributed by atoms with Gasteiger partial charge in [-0.05, 0) is 54.9 Å². The molecule has 1 nitrogen and oxygen atoms in total. The summed E-state index contributed by atoms with van der Waals surface area (Å²) >= 11 is 0. The van der Waals surface area contributed by atoms with E-state index in [-0.39, 0.29) is 6.10 Å². The summed E-state index contributed by atoms with van der Waals surface area (Å²) in [5.41, 5.74) is 1.86. The SMILES string of the molecule is CC1CC=C2C(O)CC3CCC21C3.